The predicted octanol–water partition coefficient (Wildman–Crippen LogP) is 15.6. The molecule has 2 aliphatic rings. The Balaban J connectivity index is 0.000000382. The second-order valence-corrected chi connectivity index (χ2v) is 16.7. The molecular weight excluding hydrogens is 934 g/mol. The van der Waals surface area contributed by atoms with Gasteiger partial charge in [0.25, 0.3) is 0 Å². The maximum atomic E-state index is 3.88. The van der Waals surface area contributed by atoms with Gasteiger partial charge >= 0.3 is 28.4 Å². The number of halogens is 4. The second-order valence-electron chi connectivity index (χ2n) is 14.9. The van der Waals surface area contributed by atoms with E-state index < -0.39 is 0 Å². The summed E-state index contributed by atoms with van der Waals surface area (Å²) in [5.41, 5.74) is 13.5. The number of fused-ring (bicyclic) bond motifs is 3. The van der Waals surface area contributed by atoms with Crippen LogP contribution in [0.5, 0.6) is 0 Å². The van der Waals surface area contributed by atoms with Gasteiger partial charge in [0.05, 0.1) is 0 Å². The molecule has 2 aliphatic carbocycles. The van der Waals surface area contributed by atoms with E-state index in [0.29, 0.717) is 0 Å². The zero-order valence-electron chi connectivity index (χ0n) is 33.1. The van der Waals surface area contributed by atoms with Gasteiger partial charge in [0.1, 0.15) is 0 Å². The summed E-state index contributed by atoms with van der Waals surface area (Å²) in [7, 11) is 0. The first-order valence-corrected chi connectivity index (χ1v) is 21.4. The third-order valence-corrected chi connectivity index (χ3v) is 9.73. The van der Waals surface area contributed by atoms with Gasteiger partial charge < -0.3 is 0 Å². The van der Waals surface area contributed by atoms with Crippen molar-refractivity contribution in [2.45, 2.75) is 65.2 Å². The number of hydrogen-bond donors (Lipinski definition) is 0. The van der Waals surface area contributed by atoms with Crippen molar-refractivity contribution in [3.63, 3.8) is 0 Å². The minimum atomic E-state index is 0. The summed E-state index contributed by atoms with van der Waals surface area (Å²) in [4.78, 5) is 0. The molecule has 0 saturated carbocycles. The molecular formula is C51H50Br2Cl2Zr-4. The van der Waals surface area contributed by atoms with Gasteiger partial charge in [0.15, 0.2) is 0 Å². The minimum absolute atomic E-state index is 0. The molecule has 8 rings (SSSR count). The van der Waals surface area contributed by atoms with E-state index >= 15 is 0 Å². The fourth-order valence-corrected chi connectivity index (χ4v) is 6.75. The summed E-state index contributed by atoms with van der Waals surface area (Å²) < 4.78 is 5.50. The van der Waals surface area contributed by atoms with Crippen LogP contribution in [0.15, 0.2) is 155 Å². The van der Waals surface area contributed by atoms with Crippen LogP contribution in [0.25, 0.3) is 33.4 Å². The second kappa shape index (κ2) is 24.1. The monoisotopic (exact) mass is 980 g/mol. The van der Waals surface area contributed by atoms with Crippen molar-refractivity contribution in [2.24, 2.45) is 0 Å². The summed E-state index contributed by atoms with van der Waals surface area (Å²) in [6.45, 7) is 13.9. The van der Waals surface area contributed by atoms with Crippen molar-refractivity contribution < 1.29 is 24.2 Å². The zero-order valence-corrected chi connectivity index (χ0v) is 40.3. The average molecular weight is 985 g/mol. The van der Waals surface area contributed by atoms with Gasteiger partial charge in [0.2, 0.25) is 0 Å². The van der Waals surface area contributed by atoms with Crippen LogP contribution >= 0.6 is 56.7 Å². The van der Waals surface area contributed by atoms with Crippen molar-refractivity contribution in [1.29, 1.82) is 0 Å². The molecule has 0 nitrogen and oxygen atoms in total. The summed E-state index contributed by atoms with van der Waals surface area (Å²) in [6, 6.07) is 53.9. The molecule has 0 aromatic heterocycles. The van der Waals surface area contributed by atoms with Crippen LogP contribution in [0.3, 0.4) is 0 Å². The Kier molecular flexibility index (Phi) is 21.2. The van der Waals surface area contributed by atoms with Gasteiger partial charge in [-0.2, -0.15) is 66.7 Å². The van der Waals surface area contributed by atoms with Gasteiger partial charge in [-0.25, -0.2) is 12.2 Å². The van der Waals surface area contributed by atoms with Gasteiger partial charge in [0, 0.05) is 0 Å². The fourth-order valence-electron chi connectivity index (χ4n) is 6.18. The maximum absolute atomic E-state index is 3.88. The van der Waals surface area contributed by atoms with E-state index in [4.69, 9.17) is 0 Å². The topological polar surface area (TPSA) is 0 Å². The Morgan fingerprint density at radius 3 is 1.52 bits per heavy atom. The average Bonchev–Trinajstić information content (AvgIpc) is 3.88. The Morgan fingerprint density at radius 1 is 0.607 bits per heavy atom. The van der Waals surface area contributed by atoms with E-state index in [1.165, 1.54) is 79.9 Å². The first kappa shape index (κ1) is 49.2. The van der Waals surface area contributed by atoms with E-state index in [1.807, 2.05) is 60.7 Å². The molecule has 0 amide bonds. The third-order valence-electron chi connectivity index (χ3n) is 8.75. The molecule has 0 aliphatic heterocycles. The van der Waals surface area contributed by atoms with E-state index in [9.17, 15) is 0 Å². The zero-order chi connectivity index (χ0) is 39.1. The number of hydrogen-bond acceptors (Lipinski definition) is 0. The van der Waals surface area contributed by atoms with Crippen LogP contribution in [-0.4, -0.2) is 4.21 Å². The van der Waals surface area contributed by atoms with Crippen LogP contribution in [0.4, 0.5) is 0 Å². The van der Waals surface area contributed by atoms with E-state index in [2.05, 4.69) is 187 Å². The molecule has 0 fully saturated rings. The summed E-state index contributed by atoms with van der Waals surface area (Å²) in [5, 5.41) is 0. The van der Waals surface area contributed by atoms with Crippen molar-refractivity contribution in [2.75, 3.05) is 0 Å². The van der Waals surface area contributed by atoms with Crippen molar-refractivity contribution >= 4 is 60.9 Å². The van der Waals surface area contributed by atoms with Crippen molar-refractivity contribution in [3.8, 4) is 33.4 Å². The fraction of sp³-hybridized carbons (Fsp3) is 0.196. The summed E-state index contributed by atoms with van der Waals surface area (Å²) >= 11 is 7.86. The normalized spacial score (nSPS) is 11.5. The van der Waals surface area contributed by atoms with Gasteiger partial charge in [-0.15, -0.1) is 91.9 Å². The Labute approximate surface area is 381 Å². The third kappa shape index (κ3) is 14.5. The van der Waals surface area contributed by atoms with Crippen LogP contribution in [0.2, 0.25) is 0 Å². The van der Waals surface area contributed by atoms with E-state index in [0.717, 1.165) is 21.8 Å². The molecule has 5 heteroatoms. The first-order chi connectivity index (χ1) is 25.9. The number of allylic oxidation sites excluding steroid dienone is 4. The molecule has 0 atom stereocenters. The molecule has 0 heterocycles. The Morgan fingerprint density at radius 2 is 1.12 bits per heavy atom. The standard InChI is InChI=1S/C33H33.2C6H4Br.C5H5.CH2.2ClH.Zr/c1-32(2,3)30-20-26-24(18-28(30)22-13-9-7-10-14-22)17-25-19-29(23-15-11-8-12-16-23)31(21-27(25)26)33(4,5)6;2*7-6-4-2-1-3-5-6;1-2-4-5-3-1;;;;/h7-16,18,20-21H,17H2,1-6H3;2*1-2,4-5H;1-3H,4H2;1H2;2*1H;/q4*-1;;;;. The molecule has 56 heavy (non-hydrogen) atoms. The molecule has 290 valence electrons. The SMILES string of the molecule is Brc1c[c-]ccc1.Brc1c[c-]ccc1.CC(C)(C)c1cc2c([c-]c1-c1ccccc1)Cc1cc(-c3ccccc3)c(C(C)(C)C)cc1-2.Cl.Cl.[C-]1=CC=CC1.[CH2]=[Zr]. The van der Waals surface area contributed by atoms with E-state index in [1.54, 1.807) is 0 Å². The molecule has 0 radical (unpaired) electrons. The molecule has 0 saturated heterocycles. The molecule has 0 unspecified atom stereocenters. The van der Waals surface area contributed by atoms with Crippen LogP contribution in [-0.2, 0) is 41.5 Å². The molecule has 6 aromatic carbocycles. The van der Waals surface area contributed by atoms with E-state index in [-0.39, 0.29) is 35.6 Å². The number of rotatable bonds is 2. The summed E-state index contributed by atoms with van der Waals surface area (Å²) in [6.07, 6.45) is 10.9. The van der Waals surface area contributed by atoms with Crippen molar-refractivity contribution in [1.82, 2.24) is 0 Å². The van der Waals surface area contributed by atoms with Gasteiger partial charge in [-0.1, -0.05) is 140 Å². The molecule has 6 aromatic rings. The molecule has 0 N–H and O–H groups in total. The van der Waals surface area contributed by atoms with Crippen molar-refractivity contribution in [3.05, 3.63) is 201 Å². The Hall–Kier alpha value is -2.91. The summed E-state index contributed by atoms with van der Waals surface area (Å²) in [5.74, 6) is 0. The van der Waals surface area contributed by atoms with Gasteiger partial charge in [-0.05, 0) is 39.5 Å². The van der Waals surface area contributed by atoms with Crippen LogP contribution < -0.4 is 0 Å². The van der Waals surface area contributed by atoms with Crippen LogP contribution in [0, 0.1) is 24.3 Å². The predicted molar refractivity (Wildman–Crippen MR) is 251 cm³/mol. The quantitative estimate of drug-likeness (QED) is 0.151. The molecule has 0 spiro atoms. The number of benzene rings is 6. The first-order valence-electron chi connectivity index (χ1n) is 18.1. The Bertz CT molecular complexity index is 1960. The van der Waals surface area contributed by atoms with Crippen LogP contribution in [0.1, 0.15) is 70.2 Å². The van der Waals surface area contributed by atoms with Gasteiger partial charge in [-0.3, -0.25) is 6.08 Å². The molecule has 0 bridgehead atoms.